The molecule has 1 rings (SSSR count). The Hall–Kier alpha value is -1.62. The highest BCUT2D eigenvalue weighted by atomic mass is 19.1. The number of likely N-dealkylation sites (N-methyl/N-ethyl adjacent to an activating group) is 1. The first-order valence-corrected chi connectivity index (χ1v) is 4.85. The summed E-state index contributed by atoms with van der Waals surface area (Å²) >= 11 is 0. The van der Waals surface area contributed by atoms with Gasteiger partial charge in [-0.2, -0.15) is 0 Å². The van der Waals surface area contributed by atoms with Crippen molar-refractivity contribution in [2.75, 3.05) is 13.7 Å². The van der Waals surface area contributed by atoms with Gasteiger partial charge in [-0.3, -0.25) is 4.79 Å². The maximum atomic E-state index is 13.4. The minimum atomic E-state index is -0.734. The molecule has 88 valence electrons. The molecule has 0 unspecified atom stereocenters. The van der Waals surface area contributed by atoms with Crippen LogP contribution < -0.4 is 10.1 Å². The lowest BCUT2D eigenvalue weighted by Gasteiger charge is -2.09. The highest BCUT2D eigenvalue weighted by molar-refractivity contribution is 5.77. The van der Waals surface area contributed by atoms with Gasteiger partial charge in [0.05, 0.1) is 6.10 Å². The number of hydrogen-bond donors (Lipinski definition) is 2. The van der Waals surface area contributed by atoms with Crippen LogP contribution in [0.15, 0.2) is 18.2 Å². The van der Waals surface area contributed by atoms with E-state index in [4.69, 9.17) is 4.74 Å². The number of nitrogens with one attached hydrogen (secondary N) is 1. The molecule has 0 aromatic heterocycles. The monoisotopic (exact) mass is 227 g/mol. The zero-order valence-electron chi connectivity index (χ0n) is 9.16. The van der Waals surface area contributed by atoms with E-state index in [-0.39, 0.29) is 18.3 Å². The first kappa shape index (κ1) is 12.4. The molecule has 0 aliphatic carbocycles. The fourth-order valence-corrected chi connectivity index (χ4v) is 1.11. The molecule has 4 nitrogen and oxygen atoms in total. The minimum absolute atomic E-state index is 0.00648. The van der Waals surface area contributed by atoms with E-state index in [0.717, 1.165) is 0 Å². The van der Waals surface area contributed by atoms with Crippen LogP contribution in [-0.2, 0) is 4.79 Å². The Morgan fingerprint density at radius 1 is 1.62 bits per heavy atom. The number of benzene rings is 1. The molecule has 1 aromatic rings. The van der Waals surface area contributed by atoms with E-state index in [1.54, 1.807) is 13.0 Å². The van der Waals surface area contributed by atoms with Gasteiger partial charge in [-0.25, -0.2) is 4.39 Å². The van der Waals surface area contributed by atoms with Crippen LogP contribution in [0.3, 0.4) is 0 Å². The van der Waals surface area contributed by atoms with Gasteiger partial charge < -0.3 is 15.2 Å². The molecular weight excluding hydrogens is 213 g/mol. The first-order valence-electron chi connectivity index (χ1n) is 4.85. The number of aliphatic hydroxyl groups excluding tert-OH is 1. The van der Waals surface area contributed by atoms with E-state index in [1.165, 1.54) is 19.2 Å². The average molecular weight is 227 g/mol. The molecule has 0 bridgehead atoms. The normalized spacial score (nSPS) is 12.0. The highest BCUT2D eigenvalue weighted by Gasteiger charge is 2.09. The highest BCUT2D eigenvalue weighted by Crippen LogP contribution is 2.21. The van der Waals surface area contributed by atoms with Gasteiger partial charge in [-0.15, -0.1) is 0 Å². The van der Waals surface area contributed by atoms with Gasteiger partial charge >= 0.3 is 0 Å². The van der Waals surface area contributed by atoms with Gasteiger partial charge in [0.25, 0.3) is 5.91 Å². The van der Waals surface area contributed by atoms with E-state index < -0.39 is 11.9 Å². The van der Waals surface area contributed by atoms with Crippen LogP contribution in [-0.4, -0.2) is 24.7 Å². The lowest BCUT2D eigenvalue weighted by Crippen LogP contribution is -2.25. The van der Waals surface area contributed by atoms with E-state index >= 15 is 0 Å². The number of aliphatic hydroxyl groups is 1. The van der Waals surface area contributed by atoms with E-state index in [1.807, 2.05) is 0 Å². The Balaban J connectivity index is 2.72. The van der Waals surface area contributed by atoms with Crippen LogP contribution in [0, 0.1) is 5.82 Å². The number of amides is 1. The summed E-state index contributed by atoms with van der Waals surface area (Å²) in [7, 11) is 1.47. The molecule has 0 saturated carbocycles. The van der Waals surface area contributed by atoms with Crippen LogP contribution in [0.5, 0.6) is 5.75 Å². The Morgan fingerprint density at radius 3 is 2.81 bits per heavy atom. The number of carbonyl (C=O) groups is 1. The van der Waals surface area contributed by atoms with Crippen molar-refractivity contribution in [1.29, 1.82) is 0 Å². The SMILES string of the molecule is CNC(=O)COc1ccc([C@H](C)O)cc1F. The summed E-state index contributed by atoms with van der Waals surface area (Å²) in [5.41, 5.74) is 0.463. The molecule has 1 amide bonds. The summed E-state index contributed by atoms with van der Waals surface area (Å²) in [6.45, 7) is 1.31. The predicted molar refractivity (Wildman–Crippen MR) is 56.6 cm³/mol. The third-order valence-electron chi connectivity index (χ3n) is 2.08. The van der Waals surface area contributed by atoms with Crippen LogP contribution in [0.25, 0.3) is 0 Å². The summed E-state index contributed by atoms with van der Waals surface area (Å²) < 4.78 is 18.4. The summed E-state index contributed by atoms with van der Waals surface area (Å²) in [6.07, 6.45) is -0.734. The van der Waals surface area contributed by atoms with Crippen molar-refractivity contribution in [3.8, 4) is 5.75 Å². The maximum absolute atomic E-state index is 13.4. The van der Waals surface area contributed by atoms with Gasteiger partial charge in [0.2, 0.25) is 0 Å². The molecule has 5 heteroatoms. The van der Waals surface area contributed by atoms with Crippen LogP contribution in [0.4, 0.5) is 4.39 Å². The molecule has 0 saturated heterocycles. The molecule has 2 N–H and O–H groups in total. The molecular formula is C11H14FNO3. The fourth-order valence-electron chi connectivity index (χ4n) is 1.11. The summed E-state index contributed by atoms with van der Waals surface area (Å²) in [6, 6.07) is 4.12. The fraction of sp³-hybridized carbons (Fsp3) is 0.364. The zero-order valence-corrected chi connectivity index (χ0v) is 9.16. The lowest BCUT2D eigenvalue weighted by atomic mass is 10.1. The summed E-state index contributed by atoms with van der Waals surface area (Å²) in [5, 5.41) is 11.6. The molecule has 1 aromatic carbocycles. The number of ether oxygens (including phenoxy) is 1. The smallest absolute Gasteiger partial charge is 0.257 e. The second kappa shape index (κ2) is 5.46. The van der Waals surface area contributed by atoms with Crippen molar-refractivity contribution in [3.05, 3.63) is 29.6 Å². The summed E-state index contributed by atoms with van der Waals surface area (Å²) in [5.74, 6) is -0.936. The van der Waals surface area contributed by atoms with Crippen molar-refractivity contribution in [2.24, 2.45) is 0 Å². The molecule has 0 spiro atoms. The second-order valence-electron chi connectivity index (χ2n) is 3.33. The standard InChI is InChI=1S/C11H14FNO3/c1-7(14)8-3-4-10(9(12)5-8)16-6-11(15)13-2/h3-5,7,14H,6H2,1-2H3,(H,13,15)/t7-/m0/s1. The molecule has 1 atom stereocenters. The van der Waals surface area contributed by atoms with E-state index in [9.17, 15) is 14.3 Å². The molecule has 0 radical (unpaired) electrons. The topological polar surface area (TPSA) is 58.6 Å². The Kier molecular flexibility index (Phi) is 4.25. The number of rotatable bonds is 4. The van der Waals surface area contributed by atoms with Crippen molar-refractivity contribution >= 4 is 5.91 Å². The second-order valence-corrected chi connectivity index (χ2v) is 3.33. The Bertz CT molecular complexity index is 379. The predicted octanol–water partition coefficient (Wildman–Crippen LogP) is 1.00. The van der Waals surface area contributed by atoms with Crippen LogP contribution in [0.2, 0.25) is 0 Å². The number of hydrogen-bond acceptors (Lipinski definition) is 3. The number of carbonyl (C=O) groups excluding carboxylic acids is 1. The van der Waals surface area contributed by atoms with Crippen molar-refractivity contribution in [3.63, 3.8) is 0 Å². The van der Waals surface area contributed by atoms with Crippen molar-refractivity contribution in [1.82, 2.24) is 5.32 Å². The van der Waals surface area contributed by atoms with E-state index in [0.29, 0.717) is 5.56 Å². The minimum Gasteiger partial charge on any atom is -0.481 e. The molecule has 0 aliphatic heterocycles. The number of halogens is 1. The van der Waals surface area contributed by atoms with Crippen LogP contribution >= 0.6 is 0 Å². The zero-order chi connectivity index (χ0) is 12.1. The first-order chi connectivity index (χ1) is 7.54. The van der Waals surface area contributed by atoms with Gasteiger partial charge in [0, 0.05) is 7.05 Å². The van der Waals surface area contributed by atoms with Gasteiger partial charge in [-0.1, -0.05) is 6.07 Å². The molecule has 0 fully saturated rings. The van der Waals surface area contributed by atoms with Crippen molar-refractivity contribution in [2.45, 2.75) is 13.0 Å². The Labute approximate surface area is 93.0 Å². The van der Waals surface area contributed by atoms with Crippen molar-refractivity contribution < 1.29 is 19.0 Å². The Morgan fingerprint density at radius 2 is 2.31 bits per heavy atom. The van der Waals surface area contributed by atoms with Gasteiger partial charge in [0.15, 0.2) is 18.2 Å². The van der Waals surface area contributed by atoms with Gasteiger partial charge in [0.1, 0.15) is 0 Å². The summed E-state index contributed by atoms with van der Waals surface area (Å²) in [4.78, 5) is 10.9. The molecule has 16 heavy (non-hydrogen) atoms. The van der Waals surface area contributed by atoms with E-state index in [2.05, 4.69) is 5.32 Å². The van der Waals surface area contributed by atoms with Crippen LogP contribution in [0.1, 0.15) is 18.6 Å². The maximum Gasteiger partial charge on any atom is 0.257 e. The van der Waals surface area contributed by atoms with Gasteiger partial charge in [-0.05, 0) is 24.6 Å². The quantitative estimate of drug-likeness (QED) is 0.806. The molecule has 0 aliphatic rings. The average Bonchev–Trinajstić information content (AvgIpc) is 2.26. The molecule has 0 heterocycles. The third-order valence-corrected chi connectivity index (χ3v) is 2.08. The third kappa shape index (κ3) is 3.20. The lowest BCUT2D eigenvalue weighted by molar-refractivity contribution is -0.122. The largest absolute Gasteiger partial charge is 0.481 e.